The Balaban J connectivity index is 2.19. The Morgan fingerprint density at radius 1 is 1.23 bits per heavy atom. The number of amides is 1. The number of nitriles is 1. The van der Waals surface area contributed by atoms with Gasteiger partial charge in [0.15, 0.2) is 0 Å². The fourth-order valence-electron chi connectivity index (χ4n) is 1.77. The summed E-state index contributed by atoms with van der Waals surface area (Å²) in [6.07, 6.45) is 1.22. The van der Waals surface area contributed by atoms with E-state index < -0.39 is 11.7 Å². The molecule has 5 heteroatoms. The van der Waals surface area contributed by atoms with Crippen LogP contribution in [-0.4, -0.2) is 13.0 Å². The lowest BCUT2D eigenvalue weighted by atomic mass is 10.1. The van der Waals surface area contributed by atoms with Crippen LogP contribution in [-0.2, 0) is 4.79 Å². The third kappa shape index (κ3) is 3.70. The average molecular weight is 296 g/mol. The molecule has 0 aliphatic carbocycles. The molecule has 0 unspecified atom stereocenters. The molecule has 0 spiro atoms. The van der Waals surface area contributed by atoms with Gasteiger partial charge in [-0.05, 0) is 36.4 Å². The number of ether oxygens (including phenoxy) is 1. The quantitative estimate of drug-likeness (QED) is 0.695. The van der Waals surface area contributed by atoms with Gasteiger partial charge in [-0.2, -0.15) is 5.26 Å². The second kappa shape index (κ2) is 7.04. The van der Waals surface area contributed by atoms with E-state index in [4.69, 9.17) is 10.00 Å². The van der Waals surface area contributed by atoms with Crippen molar-refractivity contribution < 1.29 is 13.9 Å². The Morgan fingerprint density at radius 2 is 1.91 bits per heavy atom. The predicted octanol–water partition coefficient (Wildman–Crippen LogP) is 3.38. The Morgan fingerprint density at radius 3 is 2.50 bits per heavy atom. The summed E-state index contributed by atoms with van der Waals surface area (Å²) in [4.78, 5) is 12.1. The van der Waals surface area contributed by atoms with Gasteiger partial charge in [0.25, 0.3) is 5.91 Å². The van der Waals surface area contributed by atoms with Gasteiger partial charge in [0.2, 0.25) is 0 Å². The van der Waals surface area contributed by atoms with E-state index in [9.17, 15) is 9.18 Å². The number of carbonyl (C=O) groups is 1. The maximum absolute atomic E-state index is 13.6. The van der Waals surface area contributed by atoms with Gasteiger partial charge in [0.1, 0.15) is 23.2 Å². The summed E-state index contributed by atoms with van der Waals surface area (Å²) in [6.45, 7) is 0. The van der Waals surface area contributed by atoms with Crippen molar-refractivity contribution in [2.75, 3.05) is 12.4 Å². The summed E-state index contributed by atoms with van der Waals surface area (Å²) in [6, 6.07) is 14.4. The first-order valence-corrected chi connectivity index (χ1v) is 6.46. The van der Waals surface area contributed by atoms with Crippen LogP contribution in [0.2, 0.25) is 0 Å². The molecule has 0 heterocycles. The summed E-state index contributed by atoms with van der Waals surface area (Å²) in [5, 5.41) is 11.7. The van der Waals surface area contributed by atoms with Crippen LogP contribution in [0.1, 0.15) is 5.56 Å². The summed E-state index contributed by atoms with van der Waals surface area (Å²) in [5.41, 5.74) is 0.519. The Hall–Kier alpha value is -3.13. The van der Waals surface area contributed by atoms with Gasteiger partial charge in [0.05, 0.1) is 7.11 Å². The molecule has 0 aromatic heterocycles. The lowest BCUT2D eigenvalue weighted by Crippen LogP contribution is -2.13. The van der Waals surface area contributed by atoms with Crippen LogP contribution in [0.3, 0.4) is 0 Å². The molecule has 4 nitrogen and oxygen atoms in total. The molecule has 1 N–H and O–H groups in total. The third-order valence-electron chi connectivity index (χ3n) is 2.92. The number of carbonyl (C=O) groups excluding carboxylic acids is 1. The van der Waals surface area contributed by atoms with Crippen molar-refractivity contribution in [3.63, 3.8) is 0 Å². The molecule has 2 rings (SSSR count). The highest BCUT2D eigenvalue weighted by Crippen LogP contribution is 2.17. The molecule has 0 atom stereocenters. The first kappa shape index (κ1) is 15.3. The fourth-order valence-corrected chi connectivity index (χ4v) is 1.77. The summed E-state index contributed by atoms with van der Waals surface area (Å²) in [5.74, 6) is -0.441. The van der Waals surface area contributed by atoms with Crippen LogP contribution in [0.15, 0.2) is 54.1 Å². The van der Waals surface area contributed by atoms with Crippen molar-refractivity contribution in [3.8, 4) is 11.8 Å². The molecule has 110 valence electrons. The molecule has 0 saturated heterocycles. The number of benzene rings is 2. The van der Waals surface area contributed by atoms with E-state index in [-0.39, 0.29) is 11.1 Å². The first-order chi connectivity index (χ1) is 10.6. The number of methoxy groups -OCH3 is 1. The lowest BCUT2D eigenvalue weighted by molar-refractivity contribution is -0.112. The second-order valence-electron chi connectivity index (χ2n) is 4.37. The van der Waals surface area contributed by atoms with Crippen LogP contribution in [0.4, 0.5) is 10.1 Å². The minimum absolute atomic E-state index is 0.180. The molecule has 0 bridgehead atoms. The molecule has 0 aliphatic heterocycles. The van der Waals surface area contributed by atoms with Crippen LogP contribution in [0.5, 0.6) is 5.75 Å². The van der Waals surface area contributed by atoms with E-state index in [1.807, 2.05) is 0 Å². The molecule has 22 heavy (non-hydrogen) atoms. The number of anilines is 1. The zero-order chi connectivity index (χ0) is 15.9. The number of rotatable bonds is 4. The van der Waals surface area contributed by atoms with E-state index in [1.54, 1.807) is 43.5 Å². The molecule has 2 aromatic carbocycles. The minimum atomic E-state index is -0.601. The van der Waals surface area contributed by atoms with Gasteiger partial charge >= 0.3 is 0 Å². The first-order valence-electron chi connectivity index (χ1n) is 6.46. The highest BCUT2D eigenvalue weighted by atomic mass is 19.1. The third-order valence-corrected chi connectivity index (χ3v) is 2.92. The van der Waals surface area contributed by atoms with E-state index in [0.717, 1.165) is 0 Å². The van der Waals surface area contributed by atoms with Gasteiger partial charge in [-0.1, -0.05) is 18.2 Å². The molecular formula is C17H13FN2O2. The van der Waals surface area contributed by atoms with E-state index in [2.05, 4.69) is 5.32 Å². The van der Waals surface area contributed by atoms with Crippen molar-refractivity contribution >= 4 is 17.7 Å². The smallest absolute Gasteiger partial charge is 0.266 e. The van der Waals surface area contributed by atoms with Gasteiger partial charge in [-0.25, -0.2) is 4.39 Å². The summed E-state index contributed by atoms with van der Waals surface area (Å²) in [7, 11) is 1.54. The molecule has 0 aliphatic rings. The minimum Gasteiger partial charge on any atom is -0.497 e. The second-order valence-corrected chi connectivity index (χ2v) is 4.37. The molecule has 1 amide bonds. The largest absolute Gasteiger partial charge is 0.497 e. The monoisotopic (exact) mass is 296 g/mol. The number of hydrogen-bond donors (Lipinski definition) is 1. The SMILES string of the molecule is COc1ccc(NC(=O)C(C#N)=Cc2ccccc2F)cc1. The summed E-state index contributed by atoms with van der Waals surface area (Å²) >= 11 is 0. The normalized spacial score (nSPS) is 10.7. The maximum Gasteiger partial charge on any atom is 0.266 e. The Kier molecular flexibility index (Phi) is 4.89. The van der Waals surface area contributed by atoms with Gasteiger partial charge in [-0.3, -0.25) is 4.79 Å². The fraction of sp³-hybridized carbons (Fsp3) is 0.0588. The van der Waals surface area contributed by atoms with Crippen LogP contribution < -0.4 is 10.1 Å². The molecule has 0 saturated carbocycles. The van der Waals surface area contributed by atoms with Crippen molar-refractivity contribution in [3.05, 3.63) is 65.5 Å². The van der Waals surface area contributed by atoms with Crippen molar-refractivity contribution in [2.24, 2.45) is 0 Å². The Labute approximate surface area is 127 Å². The van der Waals surface area contributed by atoms with E-state index in [0.29, 0.717) is 11.4 Å². The number of nitrogens with zero attached hydrogens (tertiary/aromatic N) is 1. The zero-order valence-electron chi connectivity index (χ0n) is 11.8. The van der Waals surface area contributed by atoms with Crippen molar-refractivity contribution in [2.45, 2.75) is 0 Å². The zero-order valence-corrected chi connectivity index (χ0v) is 11.8. The number of hydrogen-bond acceptors (Lipinski definition) is 3. The van der Waals surface area contributed by atoms with E-state index >= 15 is 0 Å². The molecule has 2 aromatic rings. The van der Waals surface area contributed by atoms with E-state index in [1.165, 1.54) is 24.3 Å². The number of nitrogens with one attached hydrogen (secondary N) is 1. The topological polar surface area (TPSA) is 62.1 Å². The van der Waals surface area contributed by atoms with Gasteiger partial charge < -0.3 is 10.1 Å². The van der Waals surface area contributed by atoms with Crippen LogP contribution >= 0.6 is 0 Å². The van der Waals surface area contributed by atoms with Crippen molar-refractivity contribution in [1.29, 1.82) is 5.26 Å². The molecular weight excluding hydrogens is 283 g/mol. The number of halogens is 1. The molecule has 0 fully saturated rings. The van der Waals surface area contributed by atoms with Gasteiger partial charge in [-0.15, -0.1) is 0 Å². The Bertz CT molecular complexity index is 746. The average Bonchev–Trinajstić information content (AvgIpc) is 2.54. The highest BCUT2D eigenvalue weighted by Gasteiger charge is 2.10. The van der Waals surface area contributed by atoms with Crippen LogP contribution in [0.25, 0.3) is 6.08 Å². The lowest BCUT2D eigenvalue weighted by Gasteiger charge is -2.05. The standard InChI is InChI=1S/C17H13FN2O2/c1-22-15-8-6-14(7-9-15)20-17(21)13(11-19)10-12-4-2-3-5-16(12)18/h2-10H,1H3,(H,20,21). The van der Waals surface area contributed by atoms with Gasteiger partial charge in [0, 0.05) is 11.3 Å². The highest BCUT2D eigenvalue weighted by molar-refractivity contribution is 6.09. The molecule has 0 radical (unpaired) electrons. The predicted molar refractivity (Wildman–Crippen MR) is 81.6 cm³/mol. The van der Waals surface area contributed by atoms with Crippen molar-refractivity contribution in [1.82, 2.24) is 0 Å². The van der Waals surface area contributed by atoms with Crippen LogP contribution in [0, 0.1) is 17.1 Å². The summed E-state index contributed by atoms with van der Waals surface area (Å²) < 4.78 is 18.6. The maximum atomic E-state index is 13.6.